The highest BCUT2D eigenvalue weighted by Gasteiger charge is 2.00. The number of rotatable bonds is 4. The first-order valence-electron chi connectivity index (χ1n) is 4.54. The summed E-state index contributed by atoms with van der Waals surface area (Å²) in [6, 6.07) is 7.47. The molecule has 0 heterocycles. The zero-order chi connectivity index (χ0) is 10.4. The molecule has 0 fully saturated rings. The molecule has 1 aromatic rings. The maximum atomic E-state index is 10.9. The van der Waals surface area contributed by atoms with Crippen LogP contribution in [0.2, 0.25) is 0 Å². The summed E-state index contributed by atoms with van der Waals surface area (Å²) < 4.78 is 10.0. The van der Waals surface area contributed by atoms with Crippen LogP contribution in [0.15, 0.2) is 24.3 Å². The molecule has 0 atom stereocenters. The molecule has 0 saturated heterocycles. The van der Waals surface area contributed by atoms with Gasteiger partial charge in [0.25, 0.3) is 0 Å². The summed E-state index contributed by atoms with van der Waals surface area (Å²) in [5, 5.41) is 0. The third-order valence-electron chi connectivity index (χ3n) is 1.82. The second-order valence-electron chi connectivity index (χ2n) is 2.87. The van der Waals surface area contributed by atoms with Crippen LogP contribution < -0.4 is 4.74 Å². The van der Waals surface area contributed by atoms with Gasteiger partial charge >= 0.3 is 5.97 Å². The van der Waals surface area contributed by atoms with E-state index in [0.717, 1.165) is 11.3 Å². The Balaban J connectivity index is 2.54. The summed E-state index contributed by atoms with van der Waals surface area (Å²) in [4.78, 5) is 10.9. The molecule has 0 aromatic heterocycles. The minimum Gasteiger partial charge on any atom is -0.497 e. The highest BCUT2D eigenvalue weighted by molar-refractivity contribution is 5.68. The van der Waals surface area contributed by atoms with E-state index in [4.69, 9.17) is 9.47 Å². The van der Waals surface area contributed by atoms with Crippen molar-refractivity contribution in [2.45, 2.75) is 20.0 Å². The van der Waals surface area contributed by atoms with Crippen molar-refractivity contribution < 1.29 is 14.3 Å². The lowest BCUT2D eigenvalue weighted by Gasteiger charge is -2.05. The number of benzene rings is 1. The fourth-order valence-corrected chi connectivity index (χ4v) is 1.03. The van der Waals surface area contributed by atoms with Crippen LogP contribution in [0.5, 0.6) is 5.75 Å². The second kappa shape index (κ2) is 5.27. The highest BCUT2D eigenvalue weighted by Crippen LogP contribution is 2.13. The molecule has 0 unspecified atom stereocenters. The van der Waals surface area contributed by atoms with Gasteiger partial charge in [-0.3, -0.25) is 4.79 Å². The molecule has 0 aliphatic heterocycles. The number of carbonyl (C=O) groups is 1. The van der Waals surface area contributed by atoms with Crippen LogP contribution in [0.25, 0.3) is 0 Å². The van der Waals surface area contributed by atoms with Crippen molar-refractivity contribution in [3.05, 3.63) is 29.8 Å². The Morgan fingerprint density at radius 2 is 2.21 bits per heavy atom. The van der Waals surface area contributed by atoms with E-state index in [9.17, 15) is 4.79 Å². The zero-order valence-corrected chi connectivity index (χ0v) is 8.45. The molecule has 0 N–H and O–H groups in total. The first kappa shape index (κ1) is 10.6. The van der Waals surface area contributed by atoms with Crippen molar-refractivity contribution in [2.75, 3.05) is 7.11 Å². The summed E-state index contributed by atoms with van der Waals surface area (Å²) >= 11 is 0. The molecule has 3 heteroatoms. The van der Waals surface area contributed by atoms with Crippen LogP contribution in [0.1, 0.15) is 18.9 Å². The van der Waals surface area contributed by atoms with E-state index >= 15 is 0 Å². The Hall–Kier alpha value is -1.51. The molecule has 0 spiro atoms. The van der Waals surface area contributed by atoms with Crippen molar-refractivity contribution in [2.24, 2.45) is 0 Å². The van der Waals surface area contributed by atoms with E-state index in [1.54, 1.807) is 14.0 Å². The van der Waals surface area contributed by atoms with E-state index in [0.29, 0.717) is 13.0 Å². The predicted molar refractivity (Wildman–Crippen MR) is 53.1 cm³/mol. The lowest BCUT2D eigenvalue weighted by molar-refractivity contribution is -0.144. The number of hydrogen-bond acceptors (Lipinski definition) is 3. The fraction of sp³-hybridized carbons (Fsp3) is 0.364. The molecule has 0 bridgehead atoms. The van der Waals surface area contributed by atoms with E-state index in [2.05, 4.69) is 0 Å². The largest absolute Gasteiger partial charge is 0.497 e. The van der Waals surface area contributed by atoms with Crippen LogP contribution in [-0.2, 0) is 16.1 Å². The van der Waals surface area contributed by atoms with Crippen LogP contribution in [0.4, 0.5) is 0 Å². The fourth-order valence-electron chi connectivity index (χ4n) is 1.03. The van der Waals surface area contributed by atoms with Gasteiger partial charge in [-0.1, -0.05) is 19.1 Å². The van der Waals surface area contributed by atoms with Gasteiger partial charge in [0.15, 0.2) is 0 Å². The van der Waals surface area contributed by atoms with Gasteiger partial charge in [0.2, 0.25) is 0 Å². The van der Waals surface area contributed by atoms with Crippen LogP contribution in [-0.4, -0.2) is 13.1 Å². The smallest absolute Gasteiger partial charge is 0.305 e. The molecule has 76 valence electrons. The molecule has 0 amide bonds. The van der Waals surface area contributed by atoms with Gasteiger partial charge in [0.05, 0.1) is 7.11 Å². The first-order valence-corrected chi connectivity index (χ1v) is 4.54. The quantitative estimate of drug-likeness (QED) is 0.689. The molecular formula is C11H14O3. The van der Waals surface area contributed by atoms with Crippen molar-refractivity contribution in [3.8, 4) is 5.75 Å². The third-order valence-corrected chi connectivity index (χ3v) is 1.82. The second-order valence-corrected chi connectivity index (χ2v) is 2.87. The van der Waals surface area contributed by atoms with E-state index < -0.39 is 0 Å². The van der Waals surface area contributed by atoms with Crippen LogP contribution in [0.3, 0.4) is 0 Å². The van der Waals surface area contributed by atoms with E-state index in [1.165, 1.54) is 0 Å². The molecule has 0 aliphatic carbocycles. The summed E-state index contributed by atoms with van der Waals surface area (Å²) in [5.74, 6) is 0.586. The number of esters is 1. The normalized spacial score (nSPS) is 9.57. The summed E-state index contributed by atoms with van der Waals surface area (Å²) in [6.45, 7) is 2.08. The summed E-state index contributed by atoms with van der Waals surface area (Å²) in [7, 11) is 1.61. The maximum Gasteiger partial charge on any atom is 0.305 e. The van der Waals surface area contributed by atoms with Crippen molar-refractivity contribution in [1.82, 2.24) is 0 Å². The molecule has 0 aliphatic rings. The van der Waals surface area contributed by atoms with Gasteiger partial charge in [0, 0.05) is 6.42 Å². The number of hydrogen-bond donors (Lipinski definition) is 0. The van der Waals surface area contributed by atoms with Crippen molar-refractivity contribution in [3.63, 3.8) is 0 Å². The average Bonchev–Trinajstić information content (AvgIpc) is 2.26. The van der Waals surface area contributed by atoms with Gasteiger partial charge in [-0.05, 0) is 17.7 Å². The number of methoxy groups -OCH3 is 1. The Kier molecular flexibility index (Phi) is 3.98. The van der Waals surface area contributed by atoms with Gasteiger partial charge < -0.3 is 9.47 Å². The molecule has 14 heavy (non-hydrogen) atoms. The highest BCUT2D eigenvalue weighted by atomic mass is 16.5. The Labute approximate surface area is 83.6 Å². The molecule has 1 aromatic carbocycles. The first-order chi connectivity index (χ1) is 6.76. The van der Waals surface area contributed by atoms with E-state index in [1.807, 2.05) is 24.3 Å². The van der Waals surface area contributed by atoms with Crippen LogP contribution in [0, 0.1) is 0 Å². The Morgan fingerprint density at radius 3 is 2.86 bits per heavy atom. The summed E-state index contributed by atoms with van der Waals surface area (Å²) in [6.07, 6.45) is 0.407. The molecule has 3 nitrogen and oxygen atoms in total. The van der Waals surface area contributed by atoms with Crippen molar-refractivity contribution >= 4 is 5.97 Å². The van der Waals surface area contributed by atoms with E-state index in [-0.39, 0.29) is 5.97 Å². The Morgan fingerprint density at radius 1 is 1.43 bits per heavy atom. The van der Waals surface area contributed by atoms with Gasteiger partial charge in [-0.15, -0.1) is 0 Å². The van der Waals surface area contributed by atoms with Gasteiger partial charge in [-0.2, -0.15) is 0 Å². The topological polar surface area (TPSA) is 35.5 Å². The van der Waals surface area contributed by atoms with Crippen LogP contribution >= 0.6 is 0 Å². The Bertz CT molecular complexity index is 307. The average molecular weight is 194 g/mol. The van der Waals surface area contributed by atoms with Gasteiger partial charge in [-0.25, -0.2) is 0 Å². The predicted octanol–water partition coefficient (Wildman–Crippen LogP) is 2.15. The number of ether oxygens (including phenoxy) is 2. The lowest BCUT2D eigenvalue weighted by atomic mass is 10.2. The zero-order valence-electron chi connectivity index (χ0n) is 8.45. The molecule has 0 radical (unpaired) electrons. The third kappa shape index (κ3) is 3.09. The maximum absolute atomic E-state index is 10.9. The minimum absolute atomic E-state index is 0.187. The lowest BCUT2D eigenvalue weighted by Crippen LogP contribution is -2.02. The monoisotopic (exact) mass is 194 g/mol. The number of carbonyl (C=O) groups excluding carboxylic acids is 1. The summed E-state index contributed by atoms with van der Waals surface area (Å²) in [5.41, 5.74) is 0.936. The molecule has 1 rings (SSSR count). The molecule has 0 saturated carbocycles. The SMILES string of the molecule is CCC(=O)OCc1cccc(OC)c1. The van der Waals surface area contributed by atoms with Gasteiger partial charge in [0.1, 0.15) is 12.4 Å². The standard InChI is InChI=1S/C11H14O3/c1-3-11(12)14-8-9-5-4-6-10(7-9)13-2/h4-7H,3,8H2,1-2H3. The van der Waals surface area contributed by atoms with Crippen molar-refractivity contribution in [1.29, 1.82) is 0 Å². The molecular weight excluding hydrogens is 180 g/mol. The minimum atomic E-state index is -0.187.